The van der Waals surface area contributed by atoms with Gasteiger partial charge in [-0.25, -0.2) is 4.98 Å². The summed E-state index contributed by atoms with van der Waals surface area (Å²) in [5, 5.41) is 0. The molecule has 5 heteroatoms. The molecule has 0 bridgehead atoms. The van der Waals surface area contributed by atoms with Crippen LogP contribution in [0.5, 0.6) is 0 Å². The average molecular weight is 391 g/mol. The van der Waals surface area contributed by atoms with E-state index in [-0.39, 0.29) is 0 Å². The van der Waals surface area contributed by atoms with Crippen molar-refractivity contribution in [2.24, 2.45) is 0 Å². The Labute approximate surface area is 173 Å². The van der Waals surface area contributed by atoms with Gasteiger partial charge in [0.1, 0.15) is 17.3 Å². The highest BCUT2D eigenvalue weighted by atomic mass is 16.5. The van der Waals surface area contributed by atoms with Gasteiger partial charge in [-0.1, -0.05) is 48.6 Å². The molecule has 1 heterocycles. The van der Waals surface area contributed by atoms with Crippen LogP contribution in [0, 0.1) is 0 Å². The van der Waals surface area contributed by atoms with Crippen molar-refractivity contribution in [2.45, 2.75) is 20.8 Å². The maximum Gasteiger partial charge on any atom is 0.139 e. The predicted octanol–water partition coefficient (Wildman–Crippen LogP) is 5.22. The number of hydrogen-bond acceptors (Lipinski definition) is 4. The van der Waals surface area contributed by atoms with E-state index in [9.17, 15) is 0 Å². The highest BCUT2D eigenvalue weighted by Gasteiger charge is 2.12. The smallest absolute Gasteiger partial charge is 0.139 e. The number of aromatic amines is 1. The number of anilines is 2. The summed E-state index contributed by atoms with van der Waals surface area (Å²) in [7, 11) is 0. The van der Waals surface area contributed by atoms with Crippen LogP contribution in [-0.4, -0.2) is 36.3 Å². The van der Waals surface area contributed by atoms with Crippen molar-refractivity contribution in [1.82, 2.24) is 9.97 Å². The number of hydrogen-bond donors (Lipinski definition) is 2. The molecule has 3 rings (SSSR count). The minimum atomic E-state index is 0.580. The lowest BCUT2D eigenvalue weighted by molar-refractivity contribution is 0.178. The molecule has 3 aromatic rings. The van der Waals surface area contributed by atoms with Crippen molar-refractivity contribution in [3.8, 4) is 22.6 Å². The Kier molecular flexibility index (Phi) is 7.09. The largest absolute Gasteiger partial charge is 0.383 e. The van der Waals surface area contributed by atoms with Crippen LogP contribution >= 0.6 is 0 Å². The van der Waals surface area contributed by atoms with Gasteiger partial charge in [0.2, 0.25) is 0 Å². The van der Waals surface area contributed by atoms with Crippen LogP contribution in [0.1, 0.15) is 26.3 Å². The zero-order chi connectivity index (χ0) is 20.6. The molecule has 0 unspecified atom stereocenters. The summed E-state index contributed by atoms with van der Waals surface area (Å²) in [6, 6.07) is 16.6. The number of rotatable bonds is 9. The molecule has 0 fully saturated rings. The summed E-state index contributed by atoms with van der Waals surface area (Å²) in [4.78, 5) is 10.3. The van der Waals surface area contributed by atoms with E-state index in [1.54, 1.807) is 0 Å². The quantitative estimate of drug-likeness (QED) is 0.492. The second kappa shape index (κ2) is 9.94. The first kappa shape index (κ1) is 20.7. The fraction of sp³-hybridized carbons (Fsp3) is 0.292. The molecule has 0 radical (unpaired) electrons. The monoisotopic (exact) mass is 390 g/mol. The summed E-state index contributed by atoms with van der Waals surface area (Å²) in [6.45, 7) is 9.64. The van der Waals surface area contributed by atoms with Gasteiger partial charge >= 0.3 is 0 Å². The molecule has 0 atom stereocenters. The van der Waals surface area contributed by atoms with E-state index >= 15 is 0 Å². The minimum absolute atomic E-state index is 0.580. The molecular formula is C24H30N4O. The molecule has 152 valence electrons. The lowest BCUT2D eigenvalue weighted by Crippen LogP contribution is -2.21. The van der Waals surface area contributed by atoms with Crippen molar-refractivity contribution < 1.29 is 4.74 Å². The summed E-state index contributed by atoms with van der Waals surface area (Å²) in [5.74, 6) is 1.35. The number of aromatic nitrogens is 2. The van der Waals surface area contributed by atoms with Crippen LogP contribution in [0.3, 0.4) is 0 Å². The van der Waals surface area contributed by atoms with Crippen LogP contribution in [0.2, 0.25) is 0 Å². The van der Waals surface area contributed by atoms with Gasteiger partial charge in [0.05, 0.1) is 6.61 Å². The van der Waals surface area contributed by atoms with Crippen molar-refractivity contribution in [3.63, 3.8) is 0 Å². The number of nitrogen functional groups attached to an aromatic ring is 1. The van der Waals surface area contributed by atoms with Crippen LogP contribution in [0.4, 0.5) is 11.5 Å². The first-order valence-electron chi connectivity index (χ1n) is 10.2. The van der Waals surface area contributed by atoms with Gasteiger partial charge in [-0.05, 0) is 38.5 Å². The molecule has 0 saturated heterocycles. The highest BCUT2D eigenvalue weighted by Crippen LogP contribution is 2.29. The first-order valence-corrected chi connectivity index (χ1v) is 10.2. The third-order valence-electron chi connectivity index (χ3n) is 4.91. The Bertz CT molecular complexity index is 923. The summed E-state index contributed by atoms with van der Waals surface area (Å²) in [6.07, 6.45) is 4.07. The third kappa shape index (κ3) is 5.06. The molecular weight excluding hydrogens is 360 g/mol. The van der Waals surface area contributed by atoms with E-state index in [4.69, 9.17) is 15.5 Å². The maximum absolute atomic E-state index is 6.23. The first-order chi connectivity index (χ1) is 14.2. The van der Waals surface area contributed by atoms with Crippen LogP contribution in [0.15, 0.2) is 54.6 Å². The van der Waals surface area contributed by atoms with Crippen molar-refractivity contribution in [1.29, 1.82) is 0 Å². The molecule has 0 aliphatic rings. The number of ether oxygens (including phenoxy) is 1. The Morgan fingerprint density at radius 1 is 0.966 bits per heavy atom. The Hall–Kier alpha value is -3.05. The van der Waals surface area contributed by atoms with Gasteiger partial charge in [-0.15, -0.1) is 0 Å². The van der Waals surface area contributed by atoms with E-state index < -0.39 is 0 Å². The number of nitrogens with two attached hydrogens (primary N) is 1. The lowest BCUT2D eigenvalue weighted by atomic mass is 10.1. The molecule has 0 amide bonds. The zero-order valence-corrected chi connectivity index (χ0v) is 17.5. The summed E-state index contributed by atoms with van der Waals surface area (Å²) >= 11 is 0. The normalized spacial score (nSPS) is 11.3. The summed E-state index contributed by atoms with van der Waals surface area (Å²) in [5.41, 5.74) is 11.4. The number of H-pyrrole nitrogens is 1. The molecule has 0 saturated carbocycles. The van der Waals surface area contributed by atoms with Crippen molar-refractivity contribution >= 4 is 17.6 Å². The second-order valence-corrected chi connectivity index (χ2v) is 6.75. The minimum Gasteiger partial charge on any atom is -0.383 e. The molecule has 0 spiro atoms. The van der Waals surface area contributed by atoms with Crippen molar-refractivity contribution in [3.05, 3.63) is 60.2 Å². The topological polar surface area (TPSA) is 67.2 Å². The summed E-state index contributed by atoms with van der Waals surface area (Å²) < 4.78 is 5.32. The van der Waals surface area contributed by atoms with E-state index in [0.29, 0.717) is 12.4 Å². The molecule has 2 aromatic carbocycles. The second-order valence-electron chi connectivity index (χ2n) is 6.75. The van der Waals surface area contributed by atoms with Crippen LogP contribution in [0.25, 0.3) is 28.7 Å². The van der Waals surface area contributed by atoms with Crippen LogP contribution in [-0.2, 0) is 4.74 Å². The number of nitrogens with one attached hydrogen (secondary N) is 1. The fourth-order valence-corrected chi connectivity index (χ4v) is 3.28. The number of benzene rings is 2. The third-order valence-corrected chi connectivity index (χ3v) is 4.91. The van der Waals surface area contributed by atoms with E-state index in [1.165, 1.54) is 5.69 Å². The van der Waals surface area contributed by atoms with Gasteiger partial charge < -0.3 is 20.4 Å². The highest BCUT2D eigenvalue weighted by molar-refractivity contribution is 5.76. The predicted molar refractivity (Wildman–Crippen MR) is 123 cm³/mol. The van der Waals surface area contributed by atoms with Gasteiger partial charge in [-0.3, -0.25) is 0 Å². The lowest BCUT2D eigenvalue weighted by Gasteiger charge is -2.21. The number of nitrogens with zero attached hydrogens (tertiary/aromatic N) is 2. The number of imidazole rings is 1. The maximum atomic E-state index is 6.23. The molecule has 5 nitrogen and oxygen atoms in total. The van der Waals surface area contributed by atoms with Gasteiger partial charge in [-0.2, -0.15) is 0 Å². The molecule has 0 aliphatic heterocycles. The van der Waals surface area contributed by atoms with Crippen molar-refractivity contribution in [2.75, 3.05) is 36.9 Å². The Morgan fingerprint density at radius 3 is 2.24 bits per heavy atom. The van der Waals surface area contributed by atoms with Crippen LogP contribution < -0.4 is 10.6 Å². The fourth-order valence-electron chi connectivity index (χ4n) is 3.28. The molecule has 1 aromatic heterocycles. The van der Waals surface area contributed by atoms with E-state index in [2.05, 4.69) is 66.2 Å². The zero-order valence-electron chi connectivity index (χ0n) is 17.5. The Morgan fingerprint density at radius 2 is 1.62 bits per heavy atom. The van der Waals surface area contributed by atoms with Gasteiger partial charge in [0.15, 0.2) is 0 Å². The molecule has 0 aliphatic carbocycles. The molecule has 29 heavy (non-hydrogen) atoms. The SMILES string of the molecule is CCOC/C=C/c1ccc(-c2nc(-c3ccc(N(CC)CC)cc3)c(N)[nH]2)cc1. The molecule has 3 N–H and O–H groups in total. The van der Waals surface area contributed by atoms with Gasteiger partial charge in [0.25, 0.3) is 0 Å². The van der Waals surface area contributed by atoms with Gasteiger partial charge in [0, 0.05) is 36.5 Å². The average Bonchev–Trinajstić information content (AvgIpc) is 3.15. The van der Waals surface area contributed by atoms with E-state index in [0.717, 1.165) is 47.9 Å². The van der Waals surface area contributed by atoms with E-state index in [1.807, 2.05) is 25.1 Å². The standard InChI is InChI=1S/C24H30N4O/c1-4-28(5-2)21-15-13-19(14-16-21)22-23(25)27-24(26-22)20-11-9-18(10-12-20)8-7-17-29-6-3/h7-16H,4-6,17,25H2,1-3H3,(H,26,27)/b8-7+. The Balaban J connectivity index is 1.77.